The number of aromatic amines is 1. The minimum atomic E-state index is 0.476. The Kier molecular flexibility index (Phi) is 2.98. The lowest BCUT2D eigenvalue weighted by Crippen LogP contribution is -1.96. The molecule has 0 saturated carbocycles. The van der Waals surface area contributed by atoms with Gasteiger partial charge in [0.05, 0.1) is 16.7 Å². The van der Waals surface area contributed by atoms with Crippen LogP contribution in [0.15, 0.2) is 48.5 Å². The van der Waals surface area contributed by atoms with E-state index in [0.29, 0.717) is 18.2 Å². The minimum Gasteiger partial charge on any atom is -0.473 e. The molecule has 1 aromatic carbocycles. The third-order valence-corrected chi connectivity index (χ3v) is 2.83. The second-order valence-electron chi connectivity index (χ2n) is 4.20. The van der Waals surface area contributed by atoms with Crippen LogP contribution < -0.4 is 4.74 Å². The summed E-state index contributed by atoms with van der Waals surface area (Å²) in [5, 5.41) is 0. The lowest BCUT2D eigenvalue weighted by molar-refractivity contribution is 0.112. The van der Waals surface area contributed by atoms with Gasteiger partial charge in [-0.15, -0.1) is 0 Å². The molecule has 94 valence electrons. The van der Waals surface area contributed by atoms with E-state index in [1.54, 1.807) is 12.1 Å². The van der Waals surface area contributed by atoms with Crippen LogP contribution in [0.5, 0.6) is 5.88 Å². The number of hydrogen-bond acceptors (Lipinski definition) is 3. The van der Waals surface area contributed by atoms with Gasteiger partial charge < -0.3 is 9.72 Å². The van der Waals surface area contributed by atoms with Crippen molar-refractivity contribution in [2.45, 2.75) is 6.61 Å². The Labute approximate surface area is 110 Å². The molecule has 0 fully saturated rings. The van der Waals surface area contributed by atoms with Crippen LogP contribution in [0, 0.1) is 0 Å². The highest BCUT2D eigenvalue weighted by atomic mass is 16.5. The van der Waals surface area contributed by atoms with Crippen molar-refractivity contribution in [1.29, 1.82) is 0 Å². The summed E-state index contributed by atoms with van der Waals surface area (Å²) in [6.45, 7) is 0.476. The Morgan fingerprint density at radius 3 is 2.79 bits per heavy atom. The first kappa shape index (κ1) is 11.5. The van der Waals surface area contributed by atoms with Gasteiger partial charge in [-0.25, -0.2) is 4.98 Å². The number of aldehydes is 1. The Morgan fingerprint density at radius 1 is 1.16 bits per heavy atom. The van der Waals surface area contributed by atoms with Crippen LogP contribution in [0.4, 0.5) is 0 Å². The summed E-state index contributed by atoms with van der Waals surface area (Å²) >= 11 is 0. The molecular formula is C15H12N2O2. The highest BCUT2D eigenvalue weighted by Gasteiger charge is 2.03. The van der Waals surface area contributed by atoms with Crippen molar-refractivity contribution in [3.05, 3.63) is 59.8 Å². The van der Waals surface area contributed by atoms with Gasteiger partial charge in [0.15, 0.2) is 6.29 Å². The number of nitrogens with one attached hydrogen (secondary N) is 1. The minimum absolute atomic E-state index is 0.476. The topological polar surface area (TPSA) is 55.0 Å². The number of rotatable bonds is 4. The van der Waals surface area contributed by atoms with Crippen molar-refractivity contribution in [3.8, 4) is 5.88 Å². The third kappa shape index (κ3) is 2.47. The normalized spacial score (nSPS) is 10.5. The van der Waals surface area contributed by atoms with E-state index in [-0.39, 0.29) is 0 Å². The number of hydrogen-bond donors (Lipinski definition) is 1. The van der Waals surface area contributed by atoms with Gasteiger partial charge in [0.25, 0.3) is 0 Å². The van der Waals surface area contributed by atoms with Crippen LogP contribution in [0.2, 0.25) is 0 Å². The van der Waals surface area contributed by atoms with E-state index in [4.69, 9.17) is 4.74 Å². The molecule has 0 amide bonds. The van der Waals surface area contributed by atoms with Gasteiger partial charge in [-0.2, -0.15) is 0 Å². The van der Waals surface area contributed by atoms with Crippen LogP contribution in [0.1, 0.15) is 16.1 Å². The maximum Gasteiger partial charge on any atom is 0.214 e. The molecule has 0 bridgehead atoms. The van der Waals surface area contributed by atoms with Crippen molar-refractivity contribution < 1.29 is 9.53 Å². The smallest absolute Gasteiger partial charge is 0.214 e. The largest absolute Gasteiger partial charge is 0.473 e. The molecule has 0 saturated heterocycles. The number of ether oxygens (including phenoxy) is 1. The van der Waals surface area contributed by atoms with E-state index in [9.17, 15) is 4.79 Å². The SMILES string of the molecule is O=Cc1cc2nc(OCc3ccccc3)ccc2[nH]1. The zero-order chi connectivity index (χ0) is 13.1. The molecule has 0 atom stereocenters. The van der Waals surface area contributed by atoms with Gasteiger partial charge >= 0.3 is 0 Å². The second kappa shape index (κ2) is 4.94. The van der Waals surface area contributed by atoms with Gasteiger partial charge in [0.1, 0.15) is 6.61 Å². The summed E-state index contributed by atoms with van der Waals surface area (Å²) in [7, 11) is 0. The van der Waals surface area contributed by atoms with Gasteiger partial charge in [0.2, 0.25) is 5.88 Å². The molecule has 3 rings (SSSR count). The van der Waals surface area contributed by atoms with E-state index in [0.717, 1.165) is 22.9 Å². The monoisotopic (exact) mass is 252 g/mol. The van der Waals surface area contributed by atoms with Crippen LogP contribution in [0.25, 0.3) is 11.0 Å². The third-order valence-electron chi connectivity index (χ3n) is 2.83. The number of nitrogens with zero attached hydrogens (tertiary/aromatic N) is 1. The Morgan fingerprint density at radius 2 is 2.00 bits per heavy atom. The molecule has 3 aromatic rings. The van der Waals surface area contributed by atoms with E-state index in [2.05, 4.69) is 9.97 Å². The highest BCUT2D eigenvalue weighted by molar-refractivity contribution is 5.85. The summed E-state index contributed by atoms with van der Waals surface area (Å²) in [5.41, 5.74) is 3.16. The molecule has 0 radical (unpaired) electrons. The number of carbonyl (C=O) groups excluding carboxylic acids is 1. The predicted octanol–water partition coefficient (Wildman–Crippen LogP) is 2.95. The van der Waals surface area contributed by atoms with Crippen molar-refractivity contribution in [2.24, 2.45) is 0 Å². The van der Waals surface area contributed by atoms with Crippen molar-refractivity contribution in [1.82, 2.24) is 9.97 Å². The van der Waals surface area contributed by atoms with Crippen molar-refractivity contribution in [2.75, 3.05) is 0 Å². The molecule has 19 heavy (non-hydrogen) atoms. The fourth-order valence-corrected chi connectivity index (χ4v) is 1.89. The van der Waals surface area contributed by atoms with Gasteiger partial charge in [-0.1, -0.05) is 30.3 Å². The van der Waals surface area contributed by atoms with Crippen molar-refractivity contribution in [3.63, 3.8) is 0 Å². The quantitative estimate of drug-likeness (QED) is 0.726. The summed E-state index contributed by atoms with van der Waals surface area (Å²) in [6.07, 6.45) is 0.770. The predicted molar refractivity (Wildman–Crippen MR) is 72.3 cm³/mol. The number of aromatic nitrogens is 2. The standard InChI is InChI=1S/C15H12N2O2/c18-9-12-8-14-13(16-12)6-7-15(17-14)19-10-11-4-2-1-3-5-11/h1-9,16H,10H2. The lowest BCUT2D eigenvalue weighted by atomic mass is 10.2. The summed E-state index contributed by atoms with van der Waals surface area (Å²) < 4.78 is 5.63. The highest BCUT2D eigenvalue weighted by Crippen LogP contribution is 2.17. The fraction of sp³-hybridized carbons (Fsp3) is 0.0667. The number of carbonyl (C=O) groups is 1. The molecule has 4 heteroatoms. The molecule has 0 spiro atoms. The molecule has 2 heterocycles. The van der Waals surface area contributed by atoms with Crippen LogP contribution in [0.3, 0.4) is 0 Å². The Hall–Kier alpha value is -2.62. The molecule has 1 N–H and O–H groups in total. The second-order valence-corrected chi connectivity index (χ2v) is 4.20. The molecule has 0 unspecified atom stereocenters. The molecule has 0 aliphatic carbocycles. The number of benzene rings is 1. The summed E-state index contributed by atoms with van der Waals surface area (Å²) in [6, 6.07) is 15.3. The average Bonchev–Trinajstić information content (AvgIpc) is 2.88. The summed E-state index contributed by atoms with van der Waals surface area (Å²) in [4.78, 5) is 18.0. The summed E-state index contributed by atoms with van der Waals surface area (Å²) in [5.74, 6) is 0.549. The lowest BCUT2D eigenvalue weighted by Gasteiger charge is -2.04. The Balaban J connectivity index is 1.79. The zero-order valence-corrected chi connectivity index (χ0v) is 10.2. The molecular weight excluding hydrogens is 240 g/mol. The number of fused-ring (bicyclic) bond motifs is 1. The van der Waals surface area contributed by atoms with Crippen molar-refractivity contribution >= 4 is 17.3 Å². The number of pyridine rings is 1. The van der Waals surface area contributed by atoms with E-state index >= 15 is 0 Å². The first-order valence-electron chi connectivity index (χ1n) is 5.97. The molecule has 2 aromatic heterocycles. The van der Waals surface area contributed by atoms with E-state index in [1.165, 1.54) is 0 Å². The maximum absolute atomic E-state index is 10.7. The van der Waals surface area contributed by atoms with E-state index in [1.807, 2.05) is 36.4 Å². The number of H-pyrrole nitrogens is 1. The van der Waals surface area contributed by atoms with Gasteiger partial charge in [0, 0.05) is 6.07 Å². The van der Waals surface area contributed by atoms with Gasteiger partial charge in [-0.05, 0) is 17.7 Å². The Bertz CT molecular complexity index is 704. The maximum atomic E-state index is 10.7. The molecule has 0 aliphatic heterocycles. The van der Waals surface area contributed by atoms with Gasteiger partial charge in [-0.3, -0.25) is 4.79 Å². The molecule has 0 aliphatic rings. The first-order chi connectivity index (χ1) is 9.35. The van der Waals surface area contributed by atoms with Crippen LogP contribution in [-0.4, -0.2) is 16.3 Å². The average molecular weight is 252 g/mol. The molecule has 4 nitrogen and oxygen atoms in total. The first-order valence-corrected chi connectivity index (χ1v) is 5.97. The van der Waals surface area contributed by atoms with E-state index < -0.39 is 0 Å². The van der Waals surface area contributed by atoms with Crippen LogP contribution in [-0.2, 0) is 6.61 Å². The fourth-order valence-electron chi connectivity index (χ4n) is 1.89. The van der Waals surface area contributed by atoms with Crippen LogP contribution >= 0.6 is 0 Å². The zero-order valence-electron chi connectivity index (χ0n) is 10.2.